The first-order valence-electron chi connectivity index (χ1n) is 4.14. The SMILES string of the molecule is Cc1nnc(NS(=O)(=O)c2cc(N)cs2)o1. The van der Waals surface area contributed by atoms with Crippen LogP contribution in [0.5, 0.6) is 0 Å². The van der Waals surface area contributed by atoms with Crippen molar-refractivity contribution in [1.82, 2.24) is 10.2 Å². The summed E-state index contributed by atoms with van der Waals surface area (Å²) >= 11 is 1.02. The molecule has 2 heterocycles. The maximum absolute atomic E-state index is 11.7. The van der Waals surface area contributed by atoms with Crippen LogP contribution in [0.2, 0.25) is 0 Å². The van der Waals surface area contributed by atoms with Gasteiger partial charge in [-0.05, 0) is 6.07 Å². The molecule has 9 heteroatoms. The van der Waals surface area contributed by atoms with Crippen LogP contribution in [0.25, 0.3) is 0 Å². The number of aryl methyl sites for hydroxylation is 1. The summed E-state index contributed by atoms with van der Waals surface area (Å²) in [7, 11) is -3.69. The first-order valence-corrected chi connectivity index (χ1v) is 6.50. The highest BCUT2D eigenvalue weighted by Crippen LogP contribution is 2.23. The van der Waals surface area contributed by atoms with Gasteiger partial charge in [-0.25, -0.2) is 13.1 Å². The van der Waals surface area contributed by atoms with E-state index >= 15 is 0 Å². The van der Waals surface area contributed by atoms with E-state index in [0.29, 0.717) is 5.69 Å². The molecule has 0 saturated carbocycles. The minimum atomic E-state index is -3.69. The molecular weight excluding hydrogens is 252 g/mol. The molecule has 0 fully saturated rings. The Hall–Kier alpha value is -1.61. The molecule has 0 aromatic carbocycles. The topological polar surface area (TPSA) is 111 Å². The number of thiophene rings is 1. The Morgan fingerprint density at radius 3 is 2.75 bits per heavy atom. The zero-order chi connectivity index (χ0) is 11.8. The van der Waals surface area contributed by atoms with Gasteiger partial charge in [0.25, 0.3) is 10.0 Å². The molecule has 2 rings (SSSR count). The number of nitrogens with zero attached hydrogens (tertiary/aromatic N) is 2. The molecule has 0 unspecified atom stereocenters. The monoisotopic (exact) mass is 260 g/mol. The molecular formula is C7H8N4O3S2. The predicted molar refractivity (Wildman–Crippen MR) is 58.6 cm³/mol. The van der Waals surface area contributed by atoms with Gasteiger partial charge in [-0.2, -0.15) is 0 Å². The molecule has 0 aliphatic carbocycles. The minimum Gasteiger partial charge on any atom is -0.408 e. The summed E-state index contributed by atoms with van der Waals surface area (Å²) in [5.74, 6) is 0.281. The lowest BCUT2D eigenvalue weighted by atomic mass is 10.6. The Labute approximate surface area is 95.3 Å². The van der Waals surface area contributed by atoms with Gasteiger partial charge in [-0.15, -0.1) is 16.4 Å². The van der Waals surface area contributed by atoms with Crippen molar-refractivity contribution in [3.8, 4) is 0 Å². The van der Waals surface area contributed by atoms with E-state index in [4.69, 9.17) is 10.2 Å². The van der Waals surface area contributed by atoms with Gasteiger partial charge in [-0.1, -0.05) is 5.10 Å². The van der Waals surface area contributed by atoms with Gasteiger partial charge in [-0.3, -0.25) is 0 Å². The summed E-state index contributed by atoms with van der Waals surface area (Å²) in [6.45, 7) is 1.56. The van der Waals surface area contributed by atoms with E-state index in [2.05, 4.69) is 14.9 Å². The van der Waals surface area contributed by atoms with Gasteiger partial charge >= 0.3 is 6.01 Å². The molecule has 0 amide bonds. The molecule has 86 valence electrons. The number of sulfonamides is 1. The van der Waals surface area contributed by atoms with E-state index in [1.807, 2.05) is 0 Å². The molecule has 0 radical (unpaired) electrons. The Balaban J connectivity index is 2.27. The van der Waals surface area contributed by atoms with Crippen LogP contribution in [0.15, 0.2) is 20.1 Å². The van der Waals surface area contributed by atoms with Crippen LogP contribution in [0, 0.1) is 6.92 Å². The highest BCUT2D eigenvalue weighted by molar-refractivity contribution is 7.94. The summed E-state index contributed by atoms with van der Waals surface area (Å²) in [4.78, 5) is 0. The second kappa shape index (κ2) is 3.76. The summed E-state index contributed by atoms with van der Waals surface area (Å²) in [6.07, 6.45) is 0. The molecule has 0 atom stereocenters. The molecule has 0 aliphatic heterocycles. The molecule has 7 nitrogen and oxygen atoms in total. The van der Waals surface area contributed by atoms with Crippen molar-refractivity contribution >= 4 is 33.1 Å². The van der Waals surface area contributed by atoms with Gasteiger partial charge in [0.2, 0.25) is 5.89 Å². The first-order chi connectivity index (χ1) is 7.47. The number of hydrogen-bond acceptors (Lipinski definition) is 7. The quantitative estimate of drug-likeness (QED) is 0.845. The normalized spacial score (nSPS) is 11.6. The van der Waals surface area contributed by atoms with E-state index in [1.54, 1.807) is 6.92 Å². The maximum Gasteiger partial charge on any atom is 0.329 e. The lowest BCUT2D eigenvalue weighted by Crippen LogP contribution is -2.11. The minimum absolute atomic E-state index is 0.0980. The van der Waals surface area contributed by atoms with Crippen LogP contribution < -0.4 is 10.5 Å². The number of rotatable bonds is 3. The Morgan fingerprint density at radius 2 is 2.25 bits per heavy atom. The lowest BCUT2D eigenvalue weighted by molar-refractivity contribution is 0.534. The van der Waals surface area contributed by atoms with Gasteiger partial charge in [0.05, 0.1) is 0 Å². The molecule has 0 bridgehead atoms. The van der Waals surface area contributed by atoms with Crippen LogP contribution in [0.1, 0.15) is 5.89 Å². The van der Waals surface area contributed by atoms with E-state index in [1.165, 1.54) is 11.4 Å². The van der Waals surface area contributed by atoms with Gasteiger partial charge < -0.3 is 10.2 Å². The number of anilines is 2. The van der Waals surface area contributed by atoms with Crippen molar-refractivity contribution < 1.29 is 12.8 Å². The number of hydrogen-bond donors (Lipinski definition) is 2. The summed E-state index contributed by atoms with van der Waals surface area (Å²) < 4.78 is 30.6. The number of aromatic nitrogens is 2. The summed E-state index contributed by atoms with van der Waals surface area (Å²) in [5, 5.41) is 8.57. The van der Waals surface area contributed by atoms with Crippen molar-refractivity contribution in [1.29, 1.82) is 0 Å². The molecule has 2 aromatic heterocycles. The van der Waals surface area contributed by atoms with Crippen LogP contribution in [-0.2, 0) is 10.0 Å². The zero-order valence-electron chi connectivity index (χ0n) is 8.17. The van der Waals surface area contributed by atoms with Gasteiger partial charge in [0, 0.05) is 18.0 Å². The maximum atomic E-state index is 11.7. The van der Waals surface area contributed by atoms with Crippen molar-refractivity contribution in [2.75, 3.05) is 10.5 Å². The molecule has 0 saturated heterocycles. The smallest absolute Gasteiger partial charge is 0.329 e. The summed E-state index contributed by atoms with van der Waals surface area (Å²) in [5.41, 5.74) is 5.84. The molecule has 0 spiro atoms. The fraction of sp³-hybridized carbons (Fsp3) is 0.143. The second-order valence-electron chi connectivity index (χ2n) is 2.93. The van der Waals surface area contributed by atoms with Crippen LogP contribution in [0.3, 0.4) is 0 Å². The first kappa shape index (κ1) is 10.9. The third-order valence-electron chi connectivity index (χ3n) is 1.61. The van der Waals surface area contributed by atoms with Crippen LogP contribution >= 0.6 is 11.3 Å². The molecule has 2 aromatic rings. The zero-order valence-corrected chi connectivity index (χ0v) is 9.80. The standard InChI is InChI=1S/C7H8N4O3S2/c1-4-9-10-7(14-4)11-16(12,13)6-2-5(8)3-15-6/h2-3H,8H2,1H3,(H,10,11). The fourth-order valence-electron chi connectivity index (χ4n) is 0.974. The highest BCUT2D eigenvalue weighted by atomic mass is 32.2. The fourth-order valence-corrected chi connectivity index (χ4v) is 2.98. The third-order valence-corrected chi connectivity index (χ3v) is 4.39. The van der Waals surface area contributed by atoms with E-state index in [0.717, 1.165) is 11.3 Å². The summed E-state index contributed by atoms with van der Waals surface area (Å²) in [6, 6.07) is 1.19. The number of nitrogen functional groups attached to an aromatic ring is 1. The molecule has 0 aliphatic rings. The Morgan fingerprint density at radius 1 is 1.50 bits per heavy atom. The van der Waals surface area contributed by atoms with Gasteiger partial charge in [0.1, 0.15) is 4.21 Å². The van der Waals surface area contributed by atoms with Gasteiger partial charge in [0.15, 0.2) is 0 Å². The van der Waals surface area contributed by atoms with Crippen molar-refractivity contribution in [3.63, 3.8) is 0 Å². The Kier molecular flexibility index (Phi) is 2.56. The predicted octanol–water partition coefficient (Wildman–Crippen LogP) is 0.823. The van der Waals surface area contributed by atoms with E-state index < -0.39 is 10.0 Å². The largest absolute Gasteiger partial charge is 0.408 e. The van der Waals surface area contributed by atoms with E-state index in [-0.39, 0.29) is 16.1 Å². The van der Waals surface area contributed by atoms with Crippen LogP contribution in [0.4, 0.5) is 11.7 Å². The Bertz CT molecular complexity index is 601. The highest BCUT2D eigenvalue weighted by Gasteiger charge is 2.19. The molecule has 3 N–H and O–H groups in total. The van der Waals surface area contributed by atoms with Crippen molar-refractivity contribution in [3.05, 3.63) is 17.3 Å². The number of nitrogens with one attached hydrogen (secondary N) is 1. The van der Waals surface area contributed by atoms with Crippen molar-refractivity contribution in [2.24, 2.45) is 0 Å². The average molecular weight is 260 g/mol. The van der Waals surface area contributed by atoms with E-state index in [9.17, 15) is 8.42 Å². The molecule has 16 heavy (non-hydrogen) atoms. The van der Waals surface area contributed by atoms with Crippen LogP contribution in [-0.4, -0.2) is 18.6 Å². The lowest BCUT2D eigenvalue weighted by Gasteiger charge is -1.99. The average Bonchev–Trinajstić information content (AvgIpc) is 2.75. The third kappa shape index (κ3) is 2.14. The number of nitrogens with two attached hydrogens (primary N) is 1. The van der Waals surface area contributed by atoms with Crippen molar-refractivity contribution in [2.45, 2.75) is 11.1 Å². The second-order valence-corrected chi connectivity index (χ2v) is 5.75.